The first kappa shape index (κ1) is 31.0. The van der Waals surface area contributed by atoms with Crippen LogP contribution in [0.4, 0.5) is 11.4 Å². The lowest BCUT2D eigenvalue weighted by atomic mass is 10.0. The van der Waals surface area contributed by atoms with Gasteiger partial charge in [0.05, 0.1) is 0 Å². The molecule has 204 valence electrons. The zero-order chi connectivity index (χ0) is 26.9. The number of rotatable bonds is 16. The highest BCUT2D eigenvalue weighted by Gasteiger charge is 2.10. The maximum Gasteiger partial charge on any atom is 0.170 e. The topological polar surface area (TPSA) is 48.1 Å². The largest absolute Gasteiger partial charge is 0.362 e. The molecule has 2 aromatic carbocycles. The van der Waals surface area contributed by atoms with E-state index in [9.17, 15) is 0 Å². The summed E-state index contributed by atoms with van der Waals surface area (Å²) in [5.41, 5.74) is 7.83. The second kappa shape index (κ2) is 18.1. The van der Waals surface area contributed by atoms with Gasteiger partial charge in [-0.25, -0.2) is 0 Å². The van der Waals surface area contributed by atoms with Crippen molar-refractivity contribution < 1.29 is 0 Å². The predicted molar refractivity (Wildman–Crippen MR) is 171 cm³/mol. The van der Waals surface area contributed by atoms with Crippen molar-refractivity contribution in [2.45, 2.75) is 98.3 Å². The molecule has 0 saturated carbocycles. The van der Waals surface area contributed by atoms with E-state index in [-0.39, 0.29) is 0 Å². The van der Waals surface area contributed by atoms with Crippen molar-refractivity contribution in [3.05, 3.63) is 58.7 Å². The van der Waals surface area contributed by atoms with Gasteiger partial charge < -0.3 is 21.3 Å². The number of aryl methyl sites for hydroxylation is 4. The van der Waals surface area contributed by atoms with E-state index in [1.165, 1.54) is 33.6 Å². The monoisotopic (exact) mass is 540 g/mol. The Balaban J connectivity index is 1.72. The van der Waals surface area contributed by atoms with Crippen LogP contribution in [-0.2, 0) is 25.7 Å². The molecular weight excluding hydrogens is 493 g/mol. The maximum absolute atomic E-state index is 5.62. The first-order valence-electron chi connectivity index (χ1n) is 14.3. The Kier molecular flexibility index (Phi) is 15.2. The highest BCUT2D eigenvalue weighted by atomic mass is 32.1. The number of nitrogens with one attached hydrogen (secondary N) is 4. The third-order valence-corrected chi connectivity index (χ3v) is 6.95. The molecule has 4 N–H and O–H groups in total. The molecule has 0 spiro atoms. The van der Waals surface area contributed by atoms with Crippen LogP contribution in [0.3, 0.4) is 0 Å². The maximum atomic E-state index is 5.62. The summed E-state index contributed by atoms with van der Waals surface area (Å²) in [7, 11) is 0. The summed E-state index contributed by atoms with van der Waals surface area (Å²) in [6.45, 7) is 10.6. The van der Waals surface area contributed by atoms with E-state index in [1.807, 2.05) is 0 Å². The second-order valence-corrected chi connectivity index (χ2v) is 10.5. The van der Waals surface area contributed by atoms with Crippen LogP contribution in [0, 0.1) is 0 Å². The molecule has 0 aliphatic carbocycles. The van der Waals surface area contributed by atoms with E-state index >= 15 is 0 Å². The minimum Gasteiger partial charge on any atom is -0.362 e. The molecule has 0 amide bonds. The molecule has 0 aliphatic heterocycles. The Labute approximate surface area is 236 Å². The first-order chi connectivity index (χ1) is 18.0. The molecule has 0 bridgehead atoms. The van der Waals surface area contributed by atoms with Crippen molar-refractivity contribution in [3.63, 3.8) is 0 Å². The van der Waals surface area contributed by atoms with Crippen molar-refractivity contribution in [1.29, 1.82) is 0 Å². The quantitative estimate of drug-likeness (QED) is 0.128. The fourth-order valence-corrected chi connectivity index (χ4v) is 5.09. The second-order valence-electron chi connectivity index (χ2n) is 9.72. The molecule has 0 heterocycles. The van der Waals surface area contributed by atoms with E-state index in [0.717, 1.165) is 93.9 Å². The Morgan fingerprint density at radius 1 is 0.541 bits per heavy atom. The highest BCUT2D eigenvalue weighted by Crippen LogP contribution is 2.25. The van der Waals surface area contributed by atoms with Gasteiger partial charge in [-0.2, -0.15) is 0 Å². The van der Waals surface area contributed by atoms with Crippen LogP contribution in [0.5, 0.6) is 0 Å². The third-order valence-electron chi connectivity index (χ3n) is 6.45. The Hall–Kier alpha value is -2.18. The Morgan fingerprint density at radius 3 is 1.16 bits per heavy atom. The molecular formula is C31H48N4S2. The first-order valence-corrected chi connectivity index (χ1v) is 15.2. The average Bonchev–Trinajstić information content (AvgIpc) is 2.88. The van der Waals surface area contributed by atoms with Gasteiger partial charge in [-0.15, -0.1) is 0 Å². The van der Waals surface area contributed by atoms with Gasteiger partial charge in [0.25, 0.3) is 0 Å². The standard InChI is InChI=1S/C31H48N4S2/c1-5-14-24-18-12-19-25(15-6-2)28(24)34-30(36)32-22-10-9-11-23-33-31(37)35-29-26(16-7-3)20-13-21-27(29)17-8-4/h12-13,18-21H,5-11,14-17,22-23H2,1-4H3,(H2,32,34,36)(H2,33,35,37). The predicted octanol–water partition coefficient (Wildman–Crippen LogP) is 7.94. The summed E-state index contributed by atoms with van der Waals surface area (Å²) < 4.78 is 0. The van der Waals surface area contributed by atoms with Crippen LogP contribution >= 0.6 is 24.4 Å². The molecule has 0 saturated heterocycles. The van der Waals surface area contributed by atoms with Gasteiger partial charge in [0.2, 0.25) is 0 Å². The number of anilines is 2. The molecule has 0 aromatic heterocycles. The van der Waals surface area contributed by atoms with Crippen molar-refractivity contribution in [2.24, 2.45) is 0 Å². The molecule has 0 atom stereocenters. The number of hydrogen-bond acceptors (Lipinski definition) is 2. The van der Waals surface area contributed by atoms with Gasteiger partial charge >= 0.3 is 0 Å². The number of thiocarbonyl (C=S) groups is 2. The number of unbranched alkanes of at least 4 members (excludes halogenated alkanes) is 2. The van der Waals surface area contributed by atoms with Crippen molar-refractivity contribution in [2.75, 3.05) is 23.7 Å². The molecule has 2 rings (SSSR count). The van der Waals surface area contributed by atoms with E-state index in [2.05, 4.69) is 85.4 Å². The van der Waals surface area contributed by atoms with E-state index in [1.54, 1.807) is 0 Å². The molecule has 0 fully saturated rings. The van der Waals surface area contributed by atoms with Gasteiger partial charge in [0.15, 0.2) is 10.2 Å². The summed E-state index contributed by atoms with van der Waals surface area (Å²) in [6, 6.07) is 13.2. The smallest absolute Gasteiger partial charge is 0.170 e. The zero-order valence-electron chi connectivity index (χ0n) is 23.5. The highest BCUT2D eigenvalue weighted by molar-refractivity contribution is 7.80. The zero-order valence-corrected chi connectivity index (χ0v) is 25.1. The SMILES string of the molecule is CCCc1cccc(CCC)c1NC(=S)NCCCCCNC(=S)Nc1c(CCC)cccc1CCC. The van der Waals surface area contributed by atoms with E-state index in [0.29, 0.717) is 0 Å². The van der Waals surface area contributed by atoms with E-state index < -0.39 is 0 Å². The average molecular weight is 541 g/mol. The third kappa shape index (κ3) is 11.0. The normalized spacial score (nSPS) is 10.7. The van der Waals surface area contributed by atoms with Crippen molar-refractivity contribution in [1.82, 2.24) is 10.6 Å². The van der Waals surface area contributed by atoms with Crippen molar-refractivity contribution >= 4 is 46.0 Å². The van der Waals surface area contributed by atoms with Gasteiger partial charge in [-0.1, -0.05) is 89.8 Å². The van der Waals surface area contributed by atoms with Gasteiger partial charge in [-0.3, -0.25) is 0 Å². The summed E-state index contributed by atoms with van der Waals surface area (Å²) in [6.07, 6.45) is 12.0. The lowest BCUT2D eigenvalue weighted by Crippen LogP contribution is -2.31. The summed E-state index contributed by atoms with van der Waals surface area (Å²) >= 11 is 11.2. The van der Waals surface area contributed by atoms with Crippen molar-refractivity contribution in [3.8, 4) is 0 Å². The Morgan fingerprint density at radius 2 is 0.865 bits per heavy atom. The van der Waals surface area contributed by atoms with Crippen LogP contribution in [0.2, 0.25) is 0 Å². The molecule has 0 aliphatic rings. The Bertz CT molecular complexity index is 848. The number of benzene rings is 2. The van der Waals surface area contributed by atoms with Crippen LogP contribution in [0.25, 0.3) is 0 Å². The number of para-hydroxylation sites is 2. The van der Waals surface area contributed by atoms with Gasteiger partial charge in [-0.05, 0) is 91.6 Å². The van der Waals surface area contributed by atoms with Crippen LogP contribution in [0.1, 0.15) is 94.9 Å². The lowest BCUT2D eigenvalue weighted by molar-refractivity contribution is 0.655. The minimum atomic E-state index is 0.720. The number of hydrogen-bond donors (Lipinski definition) is 4. The fraction of sp³-hybridized carbons (Fsp3) is 0.548. The van der Waals surface area contributed by atoms with Gasteiger partial charge in [0, 0.05) is 24.5 Å². The van der Waals surface area contributed by atoms with Crippen LogP contribution < -0.4 is 21.3 Å². The fourth-order valence-electron chi connectivity index (χ4n) is 4.68. The molecule has 0 unspecified atom stereocenters. The molecule has 4 nitrogen and oxygen atoms in total. The summed E-state index contributed by atoms with van der Waals surface area (Å²) in [5.74, 6) is 0. The van der Waals surface area contributed by atoms with Crippen LogP contribution in [0.15, 0.2) is 36.4 Å². The lowest BCUT2D eigenvalue weighted by Gasteiger charge is -2.18. The molecule has 6 heteroatoms. The van der Waals surface area contributed by atoms with Gasteiger partial charge in [0.1, 0.15) is 0 Å². The summed E-state index contributed by atoms with van der Waals surface area (Å²) in [4.78, 5) is 0. The van der Waals surface area contributed by atoms with Crippen LogP contribution in [-0.4, -0.2) is 23.3 Å². The minimum absolute atomic E-state index is 0.720. The molecule has 37 heavy (non-hydrogen) atoms. The van der Waals surface area contributed by atoms with E-state index in [4.69, 9.17) is 24.4 Å². The molecule has 2 aromatic rings. The molecule has 0 radical (unpaired) electrons. The summed E-state index contributed by atoms with van der Waals surface area (Å²) in [5, 5.41) is 15.2.